The SMILES string of the molecule is CN1CCCC(Oc2ncnc3sc(C(C)(C)C)c(-c4ccc(F)c(F)c4)c23)C1. The Balaban J connectivity index is 1.90. The average molecular weight is 418 g/mol. The van der Waals surface area contributed by atoms with Crippen LogP contribution in [0, 0.1) is 11.6 Å². The van der Waals surface area contributed by atoms with Crippen molar-refractivity contribution in [3.8, 4) is 17.0 Å². The van der Waals surface area contributed by atoms with E-state index in [0.717, 1.165) is 46.6 Å². The number of fused-ring (bicyclic) bond motifs is 1. The molecule has 1 aliphatic heterocycles. The molecule has 3 aromatic rings. The van der Waals surface area contributed by atoms with Crippen molar-refractivity contribution < 1.29 is 13.5 Å². The van der Waals surface area contributed by atoms with Crippen molar-refractivity contribution in [1.82, 2.24) is 14.9 Å². The molecule has 1 aliphatic rings. The van der Waals surface area contributed by atoms with Crippen LogP contribution in [-0.4, -0.2) is 41.1 Å². The van der Waals surface area contributed by atoms with Crippen LogP contribution in [0.4, 0.5) is 8.78 Å². The fraction of sp³-hybridized carbons (Fsp3) is 0.455. The first-order chi connectivity index (χ1) is 13.7. The van der Waals surface area contributed by atoms with E-state index in [1.54, 1.807) is 17.4 Å². The summed E-state index contributed by atoms with van der Waals surface area (Å²) in [5.74, 6) is -1.21. The van der Waals surface area contributed by atoms with Gasteiger partial charge >= 0.3 is 0 Å². The highest BCUT2D eigenvalue weighted by molar-refractivity contribution is 7.19. The van der Waals surface area contributed by atoms with E-state index in [1.165, 1.54) is 18.5 Å². The van der Waals surface area contributed by atoms with Crippen molar-refractivity contribution in [2.75, 3.05) is 20.1 Å². The monoisotopic (exact) mass is 417 g/mol. The standard InChI is InChI=1S/C22H25F2N3OS/c1-22(2,3)19-17(13-7-8-15(23)16(24)10-13)18-20(25-12-26-21(18)29-19)28-14-6-5-9-27(4)11-14/h7-8,10,12,14H,5-6,9,11H2,1-4H3. The van der Waals surface area contributed by atoms with Crippen LogP contribution in [-0.2, 0) is 5.41 Å². The zero-order valence-electron chi connectivity index (χ0n) is 17.1. The molecule has 1 aromatic carbocycles. The number of hydrogen-bond donors (Lipinski definition) is 0. The van der Waals surface area contributed by atoms with Gasteiger partial charge in [0, 0.05) is 17.0 Å². The third-order valence-electron chi connectivity index (χ3n) is 5.20. The smallest absolute Gasteiger partial charge is 0.226 e. The summed E-state index contributed by atoms with van der Waals surface area (Å²) in [6, 6.07) is 4.03. The molecule has 4 rings (SSSR count). The predicted octanol–water partition coefficient (Wildman–Crippen LogP) is 5.41. The molecule has 4 nitrogen and oxygen atoms in total. The maximum Gasteiger partial charge on any atom is 0.226 e. The van der Waals surface area contributed by atoms with Gasteiger partial charge in [0.05, 0.1) is 5.39 Å². The lowest BCUT2D eigenvalue weighted by Gasteiger charge is -2.29. The van der Waals surface area contributed by atoms with Gasteiger partial charge in [-0.3, -0.25) is 0 Å². The maximum absolute atomic E-state index is 14.1. The normalized spacial score (nSPS) is 18.3. The summed E-state index contributed by atoms with van der Waals surface area (Å²) in [6.45, 7) is 8.20. The summed E-state index contributed by atoms with van der Waals surface area (Å²) < 4.78 is 34.0. The Kier molecular flexibility index (Phi) is 5.29. The molecule has 29 heavy (non-hydrogen) atoms. The van der Waals surface area contributed by atoms with E-state index in [0.29, 0.717) is 11.4 Å². The molecule has 154 valence electrons. The Morgan fingerprint density at radius 3 is 2.66 bits per heavy atom. The molecule has 1 saturated heterocycles. The van der Waals surface area contributed by atoms with E-state index in [-0.39, 0.29) is 11.5 Å². The van der Waals surface area contributed by atoms with Crippen LogP contribution in [0.1, 0.15) is 38.5 Å². The number of ether oxygens (including phenoxy) is 1. The van der Waals surface area contributed by atoms with Gasteiger partial charge in [-0.2, -0.15) is 0 Å². The molecule has 0 bridgehead atoms. The Bertz CT molecular complexity index is 1040. The highest BCUT2D eigenvalue weighted by Crippen LogP contribution is 2.47. The average Bonchev–Trinajstić information content (AvgIpc) is 3.05. The minimum absolute atomic E-state index is 0.0441. The molecule has 1 fully saturated rings. The minimum Gasteiger partial charge on any atom is -0.472 e. The van der Waals surface area contributed by atoms with Crippen molar-refractivity contribution in [3.05, 3.63) is 41.0 Å². The number of likely N-dealkylation sites (tertiary alicyclic amines) is 1. The van der Waals surface area contributed by atoms with Gasteiger partial charge in [-0.1, -0.05) is 26.8 Å². The van der Waals surface area contributed by atoms with Crippen molar-refractivity contribution >= 4 is 21.6 Å². The van der Waals surface area contributed by atoms with Crippen LogP contribution >= 0.6 is 11.3 Å². The molecule has 0 aliphatic carbocycles. The Hall–Kier alpha value is -2.12. The molecule has 0 saturated carbocycles. The highest BCUT2D eigenvalue weighted by atomic mass is 32.1. The highest BCUT2D eigenvalue weighted by Gasteiger charge is 2.29. The molecular formula is C22H25F2N3OS. The van der Waals surface area contributed by atoms with E-state index in [9.17, 15) is 8.78 Å². The molecule has 0 radical (unpaired) electrons. The minimum atomic E-state index is -0.866. The first kappa shape index (κ1) is 20.2. The predicted molar refractivity (Wildman–Crippen MR) is 113 cm³/mol. The maximum atomic E-state index is 14.1. The molecule has 0 N–H and O–H groups in total. The summed E-state index contributed by atoms with van der Waals surface area (Å²) in [6.07, 6.45) is 3.60. The first-order valence-corrected chi connectivity index (χ1v) is 10.6. The van der Waals surface area contributed by atoms with Crippen molar-refractivity contribution in [2.45, 2.75) is 45.1 Å². The van der Waals surface area contributed by atoms with E-state index in [2.05, 4.69) is 42.7 Å². The van der Waals surface area contributed by atoms with Crippen molar-refractivity contribution in [1.29, 1.82) is 0 Å². The Morgan fingerprint density at radius 2 is 1.97 bits per heavy atom. The number of aromatic nitrogens is 2. The summed E-state index contributed by atoms with van der Waals surface area (Å²) in [5.41, 5.74) is 1.24. The Labute approximate surface area is 173 Å². The van der Waals surface area contributed by atoms with Gasteiger partial charge in [-0.05, 0) is 49.5 Å². The van der Waals surface area contributed by atoms with Gasteiger partial charge in [-0.25, -0.2) is 18.7 Å². The van der Waals surface area contributed by atoms with E-state index in [1.807, 2.05) is 0 Å². The van der Waals surface area contributed by atoms with Crippen LogP contribution < -0.4 is 4.74 Å². The van der Waals surface area contributed by atoms with Crippen LogP contribution in [0.25, 0.3) is 21.3 Å². The summed E-state index contributed by atoms with van der Waals surface area (Å²) in [5, 5.41) is 0.779. The second kappa shape index (κ2) is 7.61. The van der Waals surface area contributed by atoms with E-state index >= 15 is 0 Å². The largest absolute Gasteiger partial charge is 0.472 e. The van der Waals surface area contributed by atoms with E-state index < -0.39 is 11.6 Å². The molecule has 3 heterocycles. The van der Waals surface area contributed by atoms with E-state index in [4.69, 9.17) is 4.74 Å². The number of halogens is 2. The van der Waals surface area contributed by atoms with Gasteiger partial charge in [0.2, 0.25) is 5.88 Å². The molecule has 0 spiro atoms. The number of rotatable bonds is 3. The lowest BCUT2D eigenvalue weighted by Crippen LogP contribution is -2.38. The summed E-state index contributed by atoms with van der Waals surface area (Å²) >= 11 is 1.55. The number of nitrogens with zero attached hydrogens (tertiary/aromatic N) is 3. The van der Waals surface area contributed by atoms with Crippen LogP contribution in [0.3, 0.4) is 0 Å². The van der Waals surface area contributed by atoms with Gasteiger partial charge in [0.1, 0.15) is 17.3 Å². The fourth-order valence-electron chi connectivity index (χ4n) is 3.82. The van der Waals surface area contributed by atoms with Crippen LogP contribution in [0.2, 0.25) is 0 Å². The number of piperidine rings is 1. The van der Waals surface area contributed by atoms with Crippen molar-refractivity contribution in [2.24, 2.45) is 0 Å². The van der Waals surface area contributed by atoms with Gasteiger partial charge in [0.15, 0.2) is 11.6 Å². The number of thiophene rings is 1. The molecule has 2 aromatic heterocycles. The van der Waals surface area contributed by atoms with Crippen LogP contribution in [0.15, 0.2) is 24.5 Å². The van der Waals surface area contributed by atoms with Crippen LogP contribution in [0.5, 0.6) is 5.88 Å². The lowest BCUT2D eigenvalue weighted by atomic mass is 9.88. The summed E-state index contributed by atoms with van der Waals surface area (Å²) in [4.78, 5) is 13.0. The number of hydrogen-bond acceptors (Lipinski definition) is 5. The van der Waals surface area contributed by atoms with Crippen molar-refractivity contribution in [3.63, 3.8) is 0 Å². The first-order valence-electron chi connectivity index (χ1n) is 9.82. The number of benzene rings is 1. The second-order valence-corrected chi connectivity index (χ2v) is 9.69. The second-order valence-electron chi connectivity index (χ2n) is 8.69. The quantitative estimate of drug-likeness (QED) is 0.571. The Morgan fingerprint density at radius 1 is 1.17 bits per heavy atom. The molecule has 1 unspecified atom stereocenters. The zero-order chi connectivity index (χ0) is 20.8. The molecular weight excluding hydrogens is 392 g/mol. The zero-order valence-corrected chi connectivity index (χ0v) is 17.9. The fourth-order valence-corrected chi connectivity index (χ4v) is 5.04. The third kappa shape index (κ3) is 3.98. The van der Waals surface area contributed by atoms with Gasteiger partial charge < -0.3 is 9.64 Å². The molecule has 7 heteroatoms. The summed E-state index contributed by atoms with van der Waals surface area (Å²) in [7, 11) is 2.08. The number of likely N-dealkylation sites (N-methyl/N-ethyl adjacent to an activating group) is 1. The molecule has 0 amide bonds. The third-order valence-corrected chi connectivity index (χ3v) is 6.73. The topological polar surface area (TPSA) is 38.2 Å². The van der Waals surface area contributed by atoms with Gasteiger partial charge in [0.25, 0.3) is 0 Å². The van der Waals surface area contributed by atoms with Gasteiger partial charge in [-0.15, -0.1) is 11.3 Å². The lowest BCUT2D eigenvalue weighted by molar-refractivity contribution is 0.101. The molecule has 1 atom stereocenters.